The Labute approximate surface area is 382 Å². The van der Waals surface area contributed by atoms with E-state index >= 15 is 0 Å². The number of rotatable bonds is 7. The Hall–Kier alpha value is -6.52. The fraction of sp³-hybridized carbons (Fsp3) is 0.267. The molecule has 0 radical (unpaired) electrons. The van der Waals surface area contributed by atoms with E-state index in [1.165, 1.54) is 44.5 Å². The third-order valence-corrected chi connectivity index (χ3v) is 12.3. The topological polar surface area (TPSA) is 51.6 Å². The Bertz CT molecular complexity index is 2740. The molecule has 0 atom stereocenters. The van der Waals surface area contributed by atoms with Crippen LogP contribution in [0.15, 0.2) is 158 Å². The minimum Gasteiger partial charge on any atom is -0.255 e. The second-order valence-electron chi connectivity index (χ2n) is 21.4. The Morgan fingerprint density at radius 3 is 0.906 bits per heavy atom. The second-order valence-corrected chi connectivity index (χ2v) is 21.4. The molecule has 4 nitrogen and oxygen atoms in total. The van der Waals surface area contributed by atoms with Crippen LogP contribution in [0.25, 0.3) is 78.8 Å². The summed E-state index contributed by atoms with van der Waals surface area (Å²) in [7, 11) is 0. The zero-order chi connectivity index (χ0) is 45.6. The SMILES string of the molecule is CC(C)(C)c1ccc(-c2cc(-c3ccc(C(C)(C)C)cc3)cc(-c3cccc(-c4ccc(-c5nc(-c6ccc(C(C)(C)C)cc6)nc(-c6ccc(C(C)(C)C)cc6)n5)cn4)c3)c2)cc1. The number of hydrogen-bond acceptors (Lipinski definition) is 4. The van der Waals surface area contributed by atoms with E-state index in [9.17, 15) is 0 Å². The highest BCUT2D eigenvalue weighted by atomic mass is 15.0. The van der Waals surface area contributed by atoms with Gasteiger partial charge in [0.1, 0.15) is 0 Å². The van der Waals surface area contributed by atoms with Crippen molar-refractivity contribution < 1.29 is 0 Å². The van der Waals surface area contributed by atoms with Gasteiger partial charge in [0.05, 0.1) is 5.69 Å². The van der Waals surface area contributed by atoms with Gasteiger partial charge in [-0.05, 0) is 114 Å². The van der Waals surface area contributed by atoms with Crippen molar-refractivity contribution in [2.45, 2.75) is 105 Å². The standard InChI is InChI=1S/C60H62N4/c1-57(2,3)49-25-16-39(17-26-49)46-35-47(40-18-27-50(28-19-40)58(4,5)6)37-48(36-46)43-14-13-15-44(34-43)53-33-24-45(38-61-53)56-63-54(41-20-29-51(30-21-41)59(7,8)9)62-55(64-56)42-22-31-52(32-23-42)60(10,11)12/h13-38H,1-12H3. The number of benzene rings is 6. The van der Waals surface area contributed by atoms with Crippen LogP contribution in [0.5, 0.6) is 0 Å². The van der Waals surface area contributed by atoms with Gasteiger partial charge < -0.3 is 0 Å². The molecule has 0 saturated heterocycles. The first-order chi connectivity index (χ1) is 30.2. The number of aromatic nitrogens is 4. The van der Waals surface area contributed by atoms with Gasteiger partial charge in [-0.1, -0.05) is 198 Å². The predicted octanol–water partition coefficient (Wildman–Crippen LogP) is 16.1. The molecule has 0 saturated carbocycles. The summed E-state index contributed by atoms with van der Waals surface area (Å²) < 4.78 is 0. The van der Waals surface area contributed by atoms with E-state index < -0.39 is 0 Å². The number of hydrogen-bond donors (Lipinski definition) is 0. The van der Waals surface area contributed by atoms with E-state index in [1.54, 1.807) is 0 Å². The third kappa shape index (κ3) is 9.82. The highest BCUT2D eigenvalue weighted by molar-refractivity contribution is 5.83. The lowest BCUT2D eigenvalue weighted by Crippen LogP contribution is -2.10. The molecule has 8 aromatic rings. The molecule has 0 aliphatic rings. The molecule has 2 aromatic heterocycles. The third-order valence-electron chi connectivity index (χ3n) is 12.3. The maximum atomic E-state index is 5.04. The molecule has 64 heavy (non-hydrogen) atoms. The predicted molar refractivity (Wildman–Crippen MR) is 270 cm³/mol. The Morgan fingerprint density at radius 2 is 0.562 bits per heavy atom. The minimum atomic E-state index is 0.0422. The van der Waals surface area contributed by atoms with Crippen molar-refractivity contribution in [3.63, 3.8) is 0 Å². The zero-order valence-electron chi connectivity index (χ0n) is 39.8. The molecule has 2 heterocycles. The van der Waals surface area contributed by atoms with E-state index in [0.717, 1.165) is 39.1 Å². The van der Waals surface area contributed by atoms with Gasteiger partial charge in [0.15, 0.2) is 17.5 Å². The van der Waals surface area contributed by atoms with Crippen molar-refractivity contribution in [3.05, 3.63) is 180 Å². The van der Waals surface area contributed by atoms with E-state index in [4.69, 9.17) is 19.9 Å². The van der Waals surface area contributed by atoms with Crippen molar-refractivity contribution >= 4 is 0 Å². The summed E-state index contributed by atoms with van der Waals surface area (Å²) in [6.45, 7) is 26.9. The van der Waals surface area contributed by atoms with Crippen LogP contribution in [0.3, 0.4) is 0 Å². The van der Waals surface area contributed by atoms with Gasteiger partial charge in [-0.25, -0.2) is 15.0 Å². The van der Waals surface area contributed by atoms with Crippen LogP contribution in [0.4, 0.5) is 0 Å². The van der Waals surface area contributed by atoms with Crippen LogP contribution in [0.1, 0.15) is 105 Å². The zero-order valence-corrected chi connectivity index (χ0v) is 39.8. The lowest BCUT2D eigenvalue weighted by molar-refractivity contribution is 0.590. The quantitative estimate of drug-likeness (QED) is 0.160. The smallest absolute Gasteiger partial charge is 0.165 e. The second kappa shape index (κ2) is 16.9. The first-order valence-corrected chi connectivity index (χ1v) is 22.6. The molecule has 0 N–H and O–H groups in total. The van der Waals surface area contributed by atoms with Crippen LogP contribution in [0, 0.1) is 0 Å². The van der Waals surface area contributed by atoms with E-state index in [1.807, 2.05) is 6.20 Å². The molecule has 8 rings (SSSR count). The minimum absolute atomic E-state index is 0.0422. The Balaban J connectivity index is 1.16. The first kappa shape index (κ1) is 44.1. The molecule has 0 aliphatic carbocycles. The monoisotopic (exact) mass is 838 g/mol. The normalized spacial score (nSPS) is 12.4. The molecule has 4 heteroatoms. The molecule has 0 spiro atoms. The summed E-state index contributed by atoms with van der Waals surface area (Å²) in [6, 6.07) is 55.1. The first-order valence-electron chi connectivity index (χ1n) is 22.6. The maximum absolute atomic E-state index is 5.04. The average molecular weight is 839 g/mol. The molecule has 322 valence electrons. The molecule has 0 amide bonds. The van der Waals surface area contributed by atoms with Gasteiger partial charge in [0.2, 0.25) is 0 Å². The van der Waals surface area contributed by atoms with Gasteiger partial charge in [-0.15, -0.1) is 0 Å². The summed E-state index contributed by atoms with van der Waals surface area (Å²) in [5.74, 6) is 1.85. The molecular formula is C60H62N4. The molecular weight excluding hydrogens is 777 g/mol. The molecule has 0 fully saturated rings. The van der Waals surface area contributed by atoms with Crippen molar-refractivity contribution in [2.75, 3.05) is 0 Å². The van der Waals surface area contributed by atoms with Crippen LogP contribution in [-0.2, 0) is 21.7 Å². The summed E-state index contributed by atoms with van der Waals surface area (Å²) >= 11 is 0. The van der Waals surface area contributed by atoms with Crippen LogP contribution in [-0.4, -0.2) is 19.9 Å². The summed E-state index contributed by atoms with van der Waals surface area (Å²) in [5.41, 5.74) is 17.1. The lowest BCUT2D eigenvalue weighted by Gasteiger charge is -2.20. The fourth-order valence-corrected chi connectivity index (χ4v) is 8.01. The molecule has 0 aliphatic heterocycles. The summed E-state index contributed by atoms with van der Waals surface area (Å²) in [4.78, 5) is 20.1. The van der Waals surface area contributed by atoms with Crippen LogP contribution >= 0.6 is 0 Å². The highest BCUT2D eigenvalue weighted by Gasteiger charge is 2.19. The number of nitrogens with zero attached hydrogens (tertiary/aromatic N) is 4. The molecule has 0 bridgehead atoms. The fourth-order valence-electron chi connectivity index (χ4n) is 8.01. The molecule has 0 unspecified atom stereocenters. The van der Waals surface area contributed by atoms with Gasteiger partial charge in [-0.3, -0.25) is 4.98 Å². The largest absolute Gasteiger partial charge is 0.255 e. The summed E-state index contributed by atoms with van der Waals surface area (Å²) in [6.07, 6.45) is 1.89. The van der Waals surface area contributed by atoms with Crippen molar-refractivity contribution in [2.24, 2.45) is 0 Å². The van der Waals surface area contributed by atoms with E-state index in [2.05, 4.69) is 235 Å². The van der Waals surface area contributed by atoms with Crippen molar-refractivity contribution in [1.29, 1.82) is 0 Å². The average Bonchev–Trinajstić information content (AvgIpc) is 3.28. The lowest BCUT2D eigenvalue weighted by atomic mass is 9.85. The van der Waals surface area contributed by atoms with Crippen LogP contribution in [0.2, 0.25) is 0 Å². The molecule has 6 aromatic carbocycles. The van der Waals surface area contributed by atoms with Crippen molar-refractivity contribution in [1.82, 2.24) is 19.9 Å². The highest BCUT2D eigenvalue weighted by Crippen LogP contribution is 2.37. The van der Waals surface area contributed by atoms with E-state index in [-0.39, 0.29) is 21.7 Å². The van der Waals surface area contributed by atoms with Gasteiger partial charge in [0, 0.05) is 28.5 Å². The van der Waals surface area contributed by atoms with E-state index in [0.29, 0.717) is 17.5 Å². The Morgan fingerprint density at radius 1 is 0.266 bits per heavy atom. The van der Waals surface area contributed by atoms with Crippen molar-refractivity contribution in [3.8, 4) is 78.8 Å². The Kier molecular flexibility index (Phi) is 11.6. The maximum Gasteiger partial charge on any atom is 0.165 e. The van der Waals surface area contributed by atoms with Gasteiger partial charge in [0.25, 0.3) is 0 Å². The van der Waals surface area contributed by atoms with Crippen LogP contribution < -0.4 is 0 Å². The van der Waals surface area contributed by atoms with Gasteiger partial charge >= 0.3 is 0 Å². The summed E-state index contributed by atoms with van der Waals surface area (Å²) in [5, 5.41) is 0. The number of pyridine rings is 1. The van der Waals surface area contributed by atoms with Gasteiger partial charge in [-0.2, -0.15) is 0 Å².